The van der Waals surface area contributed by atoms with E-state index in [4.69, 9.17) is 9.47 Å². The Balaban J connectivity index is 2.64. The minimum absolute atomic E-state index is 0.0629. The van der Waals surface area contributed by atoms with Gasteiger partial charge in [-0.3, -0.25) is 14.5 Å². The zero-order valence-corrected chi connectivity index (χ0v) is 15.4. The van der Waals surface area contributed by atoms with Crippen LogP contribution < -0.4 is 0 Å². The molecule has 1 fully saturated rings. The van der Waals surface area contributed by atoms with Gasteiger partial charge in [0.2, 0.25) is 0 Å². The maximum atomic E-state index is 12.6. The molecule has 0 spiro atoms. The summed E-state index contributed by atoms with van der Waals surface area (Å²) >= 11 is 0. The van der Waals surface area contributed by atoms with Crippen molar-refractivity contribution < 1.29 is 19.1 Å². The molecule has 1 aliphatic rings. The van der Waals surface area contributed by atoms with Gasteiger partial charge in [0.05, 0.1) is 12.6 Å². The number of ether oxygens (including phenoxy) is 2. The van der Waals surface area contributed by atoms with Crippen LogP contribution in [-0.4, -0.2) is 62.0 Å². The van der Waals surface area contributed by atoms with Gasteiger partial charge in [-0.25, -0.2) is 0 Å². The summed E-state index contributed by atoms with van der Waals surface area (Å²) in [6.07, 6.45) is 3.13. The molecule has 0 aliphatic carbocycles. The predicted molar refractivity (Wildman–Crippen MR) is 90.6 cm³/mol. The molecule has 2 atom stereocenters. The second-order valence-corrected chi connectivity index (χ2v) is 7.49. The number of methoxy groups -OCH3 is 2. The van der Waals surface area contributed by atoms with E-state index in [9.17, 15) is 9.59 Å². The van der Waals surface area contributed by atoms with Crippen LogP contribution in [0.15, 0.2) is 0 Å². The summed E-state index contributed by atoms with van der Waals surface area (Å²) < 4.78 is 10.0. The van der Waals surface area contributed by atoms with Crippen molar-refractivity contribution in [2.75, 3.05) is 34.0 Å². The molecule has 0 amide bonds. The highest BCUT2D eigenvalue weighted by Crippen LogP contribution is 2.33. The van der Waals surface area contributed by atoms with Crippen molar-refractivity contribution in [2.24, 2.45) is 5.92 Å². The fourth-order valence-corrected chi connectivity index (χ4v) is 3.31. The summed E-state index contributed by atoms with van der Waals surface area (Å²) in [5, 5.41) is 0. The van der Waals surface area contributed by atoms with Crippen LogP contribution in [0.3, 0.4) is 0 Å². The van der Waals surface area contributed by atoms with Gasteiger partial charge in [0.25, 0.3) is 0 Å². The largest absolute Gasteiger partial charge is 0.385 e. The van der Waals surface area contributed by atoms with Crippen LogP contribution in [0.5, 0.6) is 0 Å². The van der Waals surface area contributed by atoms with E-state index in [2.05, 4.69) is 25.7 Å². The van der Waals surface area contributed by atoms with Gasteiger partial charge in [0.15, 0.2) is 0 Å². The average Bonchev–Trinajstić information content (AvgIpc) is 2.89. The molecule has 0 N–H and O–H groups in total. The molecule has 134 valence electrons. The van der Waals surface area contributed by atoms with Crippen molar-refractivity contribution in [3.05, 3.63) is 0 Å². The monoisotopic (exact) mass is 327 g/mol. The molecule has 0 radical (unpaired) electrons. The Morgan fingerprint density at radius 1 is 1.09 bits per heavy atom. The number of likely N-dealkylation sites (tertiary alicyclic amines) is 1. The molecule has 5 heteroatoms. The van der Waals surface area contributed by atoms with Crippen LogP contribution in [0.4, 0.5) is 0 Å². The normalized spacial score (nSPS) is 22.5. The molecule has 0 aromatic rings. The quantitative estimate of drug-likeness (QED) is 0.577. The van der Waals surface area contributed by atoms with Crippen LogP contribution in [0, 0.1) is 5.92 Å². The first kappa shape index (κ1) is 20.3. The molecule has 5 nitrogen and oxygen atoms in total. The molecule has 1 rings (SSSR count). The molecular weight excluding hydrogens is 294 g/mol. The van der Waals surface area contributed by atoms with E-state index in [1.165, 1.54) is 0 Å². The van der Waals surface area contributed by atoms with E-state index < -0.39 is 0 Å². The van der Waals surface area contributed by atoms with Crippen molar-refractivity contribution >= 4 is 11.6 Å². The molecule has 1 heterocycles. The summed E-state index contributed by atoms with van der Waals surface area (Å²) in [5.74, 6) is 0.789. The Labute approximate surface area is 140 Å². The molecule has 0 saturated carbocycles. The lowest BCUT2D eigenvalue weighted by molar-refractivity contribution is -0.125. The zero-order valence-electron chi connectivity index (χ0n) is 15.4. The highest BCUT2D eigenvalue weighted by atomic mass is 16.5. The van der Waals surface area contributed by atoms with Gasteiger partial charge in [-0.1, -0.05) is 0 Å². The number of carbonyl (C=O) groups excluding carboxylic acids is 2. The van der Waals surface area contributed by atoms with E-state index in [-0.39, 0.29) is 29.1 Å². The summed E-state index contributed by atoms with van der Waals surface area (Å²) in [7, 11) is 3.27. The predicted octanol–water partition coefficient (Wildman–Crippen LogP) is 2.47. The van der Waals surface area contributed by atoms with E-state index in [0.717, 1.165) is 19.4 Å². The van der Waals surface area contributed by atoms with E-state index in [1.54, 1.807) is 14.2 Å². The highest BCUT2D eigenvalue weighted by molar-refractivity contribution is 5.85. The van der Waals surface area contributed by atoms with Gasteiger partial charge in [-0.05, 0) is 39.5 Å². The minimum Gasteiger partial charge on any atom is -0.385 e. The van der Waals surface area contributed by atoms with E-state index in [1.807, 2.05) is 0 Å². The van der Waals surface area contributed by atoms with Crippen LogP contribution in [0.1, 0.15) is 52.9 Å². The lowest BCUT2D eigenvalue weighted by Crippen LogP contribution is -2.48. The van der Waals surface area contributed by atoms with Crippen molar-refractivity contribution in [2.45, 2.75) is 64.5 Å². The lowest BCUT2D eigenvalue weighted by atomic mass is 9.95. The molecule has 1 saturated heterocycles. The van der Waals surface area contributed by atoms with Gasteiger partial charge in [0.1, 0.15) is 11.6 Å². The van der Waals surface area contributed by atoms with Gasteiger partial charge in [-0.15, -0.1) is 0 Å². The molecule has 0 aromatic carbocycles. The van der Waals surface area contributed by atoms with Gasteiger partial charge >= 0.3 is 0 Å². The SMILES string of the molecule is COCCCC(=O)C1C[C@@H](CC(=O)CCOC)CN1C(C)(C)C. The number of nitrogens with zero attached hydrogens (tertiary/aromatic N) is 1. The van der Waals surface area contributed by atoms with Crippen LogP contribution in [0.25, 0.3) is 0 Å². The molecule has 23 heavy (non-hydrogen) atoms. The summed E-state index contributed by atoms with van der Waals surface area (Å²) in [5.41, 5.74) is -0.0636. The van der Waals surface area contributed by atoms with Gasteiger partial charge in [0, 0.05) is 52.2 Å². The maximum absolute atomic E-state index is 12.6. The number of rotatable bonds is 10. The highest BCUT2D eigenvalue weighted by Gasteiger charge is 2.41. The van der Waals surface area contributed by atoms with Gasteiger partial charge in [-0.2, -0.15) is 0 Å². The Morgan fingerprint density at radius 2 is 1.74 bits per heavy atom. The van der Waals surface area contributed by atoms with Gasteiger partial charge < -0.3 is 9.47 Å². The van der Waals surface area contributed by atoms with Crippen molar-refractivity contribution in [3.8, 4) is 0 Å². The minimum atomic E-state index is -0.0636. The number of hydrogen-bond donors (Lipinski definition) is 0. The third kappa shape index (κ3) is 6.69. The number of hydrogen-bond acceptors (Lipinski definition) is 5. The van der Waals surface area contributed by atoms with Crippen molar-refractivity contribution in [3.63, 3.8) is 0 Å². The summed E-state index contributed by atoms with van der Waals surface area (Å²) in [4.78, 5) is 26.9. The molecule has 0 bridgehead atoms. The first-order valence-electron chi connectivity index (χ1n) is 8.58. The fraction of sp³-hybridized carbons (Fsp3) is 0.889. The second kappa shape index (κ2) is 9.50. The molecule has 0 aromatic heterocycles. The van der Waals surface area contributed by atoms with Crippen molar-refractivity contribution in [1.82, 2.24) is 4.90 Å². The standard InChI is InChI=1S/C18H33NO4/c1-18(2,3)19-13-14(11-15(20)8-10-23-5)12-16(19)17(21)7-6-9-22-4/h14,16H,6-13H2,1-5H3/t14-,16?/m1/s1. The third-order valence-electron chi connectivity index (χ3n) is 4.49. The number of carbonyl (C=O) groups is 2. The number of ketones is 2. The Morgan fingerprint density at radius 3 is 2.30 bits per heavy atom. The van der Waals surface area contributed by atoms with Crippen molar-refractivity contribution in [1.29, 1.82) is 0 Å². The third-order valence-corrected chi connectivity index (χ3v) is 4.49. The maximum Gasteiger partial charge on any atom is 0.150 e. The van der Waals surface area contributed by atoms with Crippen LogP contribution in [-0.2, 0) is 19.1 Å². The van der Waals surface area contributed by atoms with Crippen LogP contribution in [0.2, 0.25) is 0 Å². The lowest BCUT2D eigenvalue weighted by Gasteiger charge is -2.36. The topological polar surface area (TPSA) is 55.8 Å². The average molecular weight is 327 g/mol. The first-order valence-corrected chi connectivity index (χ1v) is 8.58. The van der Waals surface area contributed by atoms with E-state index in [0.29, 0.717) is 32.5 Å². The summed E-state index contributed by atoms with van der Waals surface area (Å²) in [6.45, 7) is 8.33. The second-order valence-electron chi connectivity index (χ2n) is 7.49. The Bertz CT molecular complexity index is 389. The Hall–Kier alpha value is -0.780. The number of Topliss-reactive ketones (excluding diaryl/α,β-unsaturated/α-hetero) is 2. The summed E-state index contributed by atoms with van der Waals surface area (Å²) in [6, 6.07) is -0.0629. The Kier molecular flexibility index (Phi) is 8.37. The van der Waals surface area contributed by atoms with E-state index >= 15 is 0 Å². The fourth-order valence-electron chi connectivity index (χ4n) is 3.31. The first-order chi connectivity index (χ1) is 10.8. The molecule has 1 unspecified atom stereocenters. The molecule has 1 aliphatic heterocycles. The molecular formula is C18H33NO4. The zero-order chi connectivity index (χ0) is 17.5. The van der Waals surface area contributed by atoms with Crippen LogP contribution >= 0.6 is 0 Å². The smallest absolute Gasteiger partial charge is 0.150 e.